The Labute approximate surface area is 84.3 Å². The van der Waals surface area contributed by atoms with Crippen molar-refractivity contribution < 1.29 is 23.4 Å². The zero-order valence-electron chi connectivity index (χ0n) is 7.83. The van der Waals surface area contributed by atoms with Gasteiger partial charge >= 0.3 is 5.97 Å². The molecule has 1 aromatic carbocycles. The Morgan fingerprint density at radius 3 is 2.60 bits per heavy atom. The molecule has 1 unspecified atom stereocenters. The zero-order valence-corrected chi connectivity index (χ0v) is 7.83. The second-order valence-electron chi connectivity index (χ2n) is 2.80. The third-order valence-electron chi connectivity index (χ3n) is 1.89. The van der Waals surface area contributed by atoms with Gasteiger partial charge in [0.25, 0.3) is 0 Å². The topological polar surface area (TPSA) is 72.5 Å². The van der Waals surface area contributed by atoms with Gasteiger partial charge < -0.3 is 15.6 Å². The molecular weight excluding hydrogens is 208 g/mol. The van der Waals surface area contributed by atoms with Crippen LogP contribution < -0.4 is 10.5 Å². The van der Waals surface area contributed by atoms with E-state index in [0.29, 0.717) is 0 Å². The molecule has 3 N–H and O–H groups in total. The van der Waals surface area contributed by atoms with Crippen molar-refractivity contribution in [2.75, 3.05) is 7.11 Å². The lowest BCUT2D eigenvalue weighted by molar-refractivity contribution is -0.138. The number of hydrogen-bond donors (Lipinski definition) is 2. The normalized spacial score (nSPS) is 12.3. The Bertz CT molecular complexity index is 395. The number of aliphatic carboxylic acids is 1. The van der Waals surface area contributed by atoms with Crippen LogP contribution in [-0.2, 0) is 4.79 Å². The van der Waals surface area contributed by atoms with Gasteiger partial charge in [0.2, 0.25) is 5.82 Å². The molecule has 0 amide bonds. The van der Waals surface area contributed by atoms with Gasteiger partial charge in [-0.15, -0.1) is 0 Å². The number of methoxy groups -OCH3 is 1. The summed E-state index contributed by atoms with van der Waals surface area (Å²) in [7, 11) is 1.11. The van der Waals surface area contributed by atoms with Crippen molar-refractivity contribution in [3.8, 4) is 5.75 Å². The highest BCUT2D eigenvalue weighted by atomic mass is 19.2. The predicted molar refractivity (Wildman–Crippen MR) is 47.5 cm³/mol. The number of carbonyl (C=O) groups is 1. The van der Waals surface area contributed by atoms with Crippen LogP contribution in [0.3, 0.4) is 0 Å². The number of carboxylic acids is 1. The van der Waals surface area contributed by atoms with Gasteiger partial charge in [-0.25, -0.2) is 4.39 Å². The fourth-order valence-electron chi connectivity index (χ4n) is 1.13. The molecular formula is C9H9F2NO3. The fourth-order valence-corrected chi connectivity index (χ4v) is 1.13. The van der Waals surface area contributed by atoms with Gasteiger partial charge in [-0.2, -0.15) is 4.39 Å². The molecule has 15 heavy (non-hydrogen) atoms. The molecule has 0 aliphatic rings. The molecule has 1 aromatic rings. The van der Waals surface area contributed by atoms with Gasteiger partial charge in [0.05, 0.1) is 7.11 Å². The molecule has 0 spiro atoms. The highest BCUT2D eigenvalue weighted by Crippen LogP contribution is 2.28. The first kappa shape index (κ1) is 11.4. The zero-order chi connectivity index (χ0) is 11.6. The number of hydrogen-bond acceptors (Lipinski definition) is 3. The van der Waals surface area contributed by atoms with E-state index < -0.39 is 29.4 Å². The Kier molecular flexibility index (Phi) is 3.21. The molecule has 0 aromatic heterocycles. The van der Waals surface area contributed by atoms with Gasteiger partial charge in [-0.05, 0) is 6.07 Å². The largest absolute Gasteiger partial charge is 0.493 e. The SMILES string of the molecule is COc1c(C(N)C(=O)O)ccc(F)c1F. The molecule has 4 nitrogen and oxygen atoms in total. The predicted octanol–water partition coefficient (Wildman–Crippen LogP) is 1.06. The summed E-state index contributed by atoms with van der Waals surface area (Å²) in [6.45, 7) is 0. The molecule has 82 valence electrons. The van der Waals surface area contributed by atoms with E-state index in [1.807, 2.05) is 0 Å². The summed E-state index contributed by atoms with van der Waals surface area (Å²) in [5.74, 6) is -4.19. The van der Waals surface area contributed by atoms with Crippen molar-refractivity contribution in [3.63, 3.8) is 0 Å². The molecule has 6 heteroatoms. The standard InChI is InChI=1S/C9H9F2NO3/c1-15-8-4(7(12)9(13)14)2-3-5(10)6(8)11/h2-3,7H,12H2,1H3,(H,13,14). The summed E-state index contributed by atoms with van der Waals surface area (Å²) in [5, 5.41) is 8.62. The van der Waals surface area contributed by atoms with Crippen molar-refractivity contribution in [2.24, 2.45) is 5.73 Å². The number of nitrogens with two attached hydrogens (primary N) is 1. The van der Waals surface area contributed by atoms with E-state index in [1.54, 1.807) is 0 Å². The van der Waals surface area contributed by atoms with E-state index in [-0.39, 0.29) is 5.56 Å². The highest BCUT2D eigenvalue weighted by Gasteiger charge is 2.23. The van der Waals surface area contributed by atoms with Crippen molar-refractivity contribution in [1.29, 1.82) is 0 Å². The van der Waals surface area contributed by atoms with E-state index in [9.17, 15) is 13.6 Å². The molecule has 0 heterocycles. The third-order valence-corrected chi connectivity index (χ3v) is 1.89. The quantitative estimate of drug-likeness (QED) is 0.793. The summed E-state index contributed by atoms with van der Waals surface area (Å²) in [5.41, 5.74) is 5.16. The average Bonchev–Trinajstić information content (AvgIpc) is 2.20. The third kappa shape index (κ3) is 2.04. The Hall–Kier alpha value is -1.69. The van der Waals surface area contributed by atoms with Gasteiger partial charge in [0.1, 0.15) is 6.04 Å². The summed E-state index contributed by atoms with van der Waals surface area (Å²) in [4.78, 5) is 10.6. The molecule has 0 saturated carbocycles. The average molecular weight is 217 g/mol. The molecule has 0 aliphatic carbocycles. The molecule has 0 radical (unpaired) electrons. The first-order valence-electron chi connectivity index (χ1n) is 3.99. The minimum absolute atomic E-state index is 0.107. The van der Waals surface area contributed by atoms with Gasteiger partial charge in [0, 0.05) is 5.56 Å². The minimum atomic E-state index is -1.45. The molecule has 0 fully saturated rings. The van der Waals surface area contributed by atoms with Crippen LogP contribution in [-0.4, -0.2) is 18.2 Å². The summed E-state index contributed by atoms with van der Waals surface area (Å²) < 4.78 is 30.5. The summed E-state index contributed by atoms with van der Waals surface area (Å²) in [6.07, 6.45) is 0. The highest BCUT2D eigenvalue weighted by molar-refractivity contribution is 5.76. The van der Waals surface area contributed by atoms with Crippen LogP contribution in [0.5, 0.6) is 5.75 Å². The molecule has 1 atom stereocenters. The number of carboxylic acid groups (broad SMARTS) is 1. The number of rotatable bonds is 3. The van der Waals surface area contributed by atoms with Crippen LogP contribution in [0.15, 0.2) is 12.1 Å². The Morgan fingerprint density at radius 2 is 2.13 bits per heavy atom. The smallest absolute Gasteiger partial charge is 0.325 e. The van der Waals surface area contributed by atoms with Gasteiger partial charge in [-0.3, -0.25) is 4.79 Å². The number of ether oxygens (including phenoxy) is 1. The van der Waals surface area contributed by atoms with E-state index in [0.717, 1.165) is 19.2 Å². The van der Waals surface area contributed by atoms with Crippen LogP contribution in [0.1, 0.15) is 11.6 Å². The van der Waals surface area contributed by atoms with Crippen LogP contribution in [0.25, 0.3) is 0 Å². The van der Waals surface area contributed by atoms with Gasteiger partial charge in [-0.1, -0.05) is 6.07 Å². The lowest BCUT2D eigenvalue weighted by Crippen LogP contribution is -2.21. The monoisotopic (exact) mass is 217 g/mol. The Balaban J connectivity index is 3.30. The molecule has 1 rings (SSSR count). The van der Waals surface area contributed by atoms with Crippen molar-refractivity contribution in [1.82, 2.24) is 0 Å². The molecule has 0 bridgehead atoms. The van der Waals surface area contributed by atoms with E-state index >= 15 is 0 Å². The van der Waals surface area contributed by atoms with Gasteiger partial charge in [0.15, 0.2) is 11.6 Å². The second kappa shape index (κ2) is 4.22. The van der Waals surface area contributed by atoms with Crippen LogP contribution in [0.2, 0.25) is 0 Å². The maximum Gasteiger partial charge on any atom is 0.325 e. The molecule has 0 aliphatic heterocycles. The first-order valence-corrected chi connectivity index (χ1v) is 3.99. The van der Waals surface area contributed by atoms with Crippen LogP contribution in [0.4, 0.5) is 8.78 Å². The van der Waals surface area contributed by atoms with E-state index in [2.05, 4.69) is 4.74 Å². The van der Waals surface area contributed by atoms with E-state index in [4.69, 9.17) is 10.8 Å². The number of halogens is 2. The van der Waals surface area contributed by atoms with Crippen LogP contribution >= 0.6 is 0 Å². The maximum atomic E-state index is 13.1. The van der Waals surface area contributed by atoms with Crippen molar-refractivity contribution in [3.05, 3.63) is 29.3 Å². The maximum absolute atomic E-state index is 13.1. The van der Waals surface area contributed by atoms with Crippen molar-refractivity contribution in [2.45, 2.75) is 6.04 Å². The lowest BCUT2D eigenvalue weighted by atomic mass is 10.1. The number of benzene rings is 1. The van der Waals surface area contributed by atoms with E-state index in [1.165, 1.54) is 0 Å². The molecule has 0 saturated heterocycles. The van der Waals surface area contributed by atoms with Crippen molar-refractivity contribution >= 4 is 5.97 Å². The minimum Gasteiger partial charge on any atom is -0.493 e. The Morgan fingerprint density at radius 1 is 1.53 bits per heavy atom. The van der Waals surface area contributed by atoms with Crippen LogP contribution in [0, 0.1) is 11.6 Å². The lowest BCUT2D eigenvalue weighted by Gasteiger charge is -2.12. The summed E-state index contributed by atoms with van der Waals surface area (Å²) in [6, 6.07) is 0.432. The second-order valence-corrected chi connectivity index (χ2v) is 2.80. The first-order chi connectivity index (χ1) is 6.99. The summed E-state index contributed by atoms with van der Waals surface area (Å²) >= 11 is 0. The fraction of sp³-hybridized carbons (Fsp3) is 0.222.